The lowest BCUT2D eigenvalue weighted by Gasteiger charge is -2.13. The smallest absolute Gasteiger partial charge is 0.307 e. The van der Waals surface area contributed by atoms with Gasteiger partial charge in [-0.25, -0.2) is 13.2 Å². The van der Waals surface area contributed by atoms with E-state index in [1.165, 1.54) is 6.07 Å². The van der Waals surface area contributed by atoms with Gasteiger partial charge in [0, 0.05) is 11.3 Å². The highest BCUT2D eigenvalue weighted by atomic mass is 32.2. The van der Waals surface area contributed by atoms with E-state index in [0.29, 0.717) is 11.3 Å². The molecule has 2 amide bonds. The van der Waals surface area contributed by atoms with Crippen LogP contribution < -0.4 is 15.6 Å². The van der Waals surface area contributed by atoms with Gasteiger partial charge in [-0.3, -0.25) is 5.43 Å². The second kappa shape index (κ2) is 7.81. The molecule has 0 saturated carbocycles. The fourth-order valence-electron chi connectivity index (χ4n) is 2.41. The predicted molar refractivity (Wildman–Crippen MR) is 101 cm³/mol. The number of carbonyl (C=O) groups excluding carboxylic acids is 1. The highest BCUT2D eigenvalue weighted by Crippen LogP contribution is 2.26. The molecule has 3 rings (SSSR count). The minimum atomic E-state index is -3.95. The quantitative estimate of drug-likeness (QED) is 0.604. The van der Waals surface area contributed by atoms with Crippen LogP contribution in [0.3, 0.4) is 0 Å². The summed E-state index contributed by atoms with van der Waals surface area (Å²) in [5.74, 6) is 0. The van der Waals surface area contributed by atoms with Crippen molar-refractivity contribution < 1.29 is 13.2 Å². The maximum absolute atomic E-state index is 12.6. The van der Waals surface area contributed by atoms with Crippen molar-refractivity contribution in [2.24, 2.45) is 0 Å². The van der Waals surface area contributed by atoms with Gasteiger partial charge >= 0.3 is 6.03 Å². The highest BCUT2D eigenvalue weighted by Gasteiger charge is 2.19. The van der Waals surface area contributed by atoms with Crippen molar-refractivity contribution in [2.45, 2.75) is 4.90 Å². The number of sulfonamides is 1. The summed E-state index contributed by atoms with van der Waals surface area (Å²) in [6.45, 7) is 0. The summed E-state index contributed by atoms with van der Waals surface area (Å²) in [4.78, 5) is 14.1. The number of benzene rings is 3. The number of hydrazine groups is 1. The van der Waals surface area contributed by atoms with Gasteiger partial charge in [0.15, 0.2) is 0 Å². The van der Waals surface area contributed by atoms with Crippen LogP contribution in [0.15, 0.2) is 89.8 Å². The van der Waals surface area contributed by atoms with Gasteiger partial charge < -0.3 is 5.32 Å². The number of rotatable bonds is 5. The summed E-state index contributed by atoms with van der Waals surface area (Å²) in [6.07, 6.45) is 0. The summed E-state index contributed by atoms with van der Waals surface area (Å²) in [6, 6.07) is 23.8. The van der Waals surface area contributed by atoms with Crippen molar-refractivity contribution in [2.75, 3.05) is 5.32 Å². The molecule has 0 saturated heterocycles. The van der Waals surface area contributed by atoms with Crippen LogP contribution in [-0.2, 0) is 10.0 Å². The Kier molecular flexibility index (Phi) is 5.31. The molecule has 0 aliphatic heterocycles. The summed E-state index contributed by atoms with van der Waals surface area (Å²) in [5.41, 5.74) is 4.02. The number of para-hydroxylation sites is 1. The van der Waals surface area contributed by atoms with Crippen molar-refractivity contribution in [1.82, 2.24) is 10.3 Å². The molecule has 3 aromatic carbocycles. The maximum atomic E-state index is 12.6. The Balaban J connectivity index is 1.76. The second-order valence-electron chi connectivity index (χ2n) is 5.41. The van der Waals surface area contributed by atoms with Crippen LogP contribution in [0.1, 0.15) is 0 Å². The zero-order valence-electron chi connectivity index (χ0n) is 13.7. The Bertz CT molecular complexity index is 991. The largest absolute Gasteiger partial charge is 0.334 e. The van der Waals surface area contributed by atoms with Crippen LogP contribution >= 0.6 is 0 Å². The minimum Gasteiger partial charge on any atom is -0.307 e. The Hall–Kier alpha value is -3.16. The van der Waals surface area contributed by atoms with Crippen LogP contribution in [0.25, 0.3) is 11.1 Å². The standard InChI is InChI=1S/C19H17N3O3S/c23-19(20-16-11-5-2-6-12-16)21-22-26(24,25)18-14-8-7-13-17(18)15-9-3-1-4-10-15/h1-14,22H,(H2,20,21,23). The molecular weight excluding hydrogens is 350 g/mol. The minimum absolute atomic E-state index is 0.0752. The molecule has 0 heterocycles. The lowest BCUT2D eigenvalue weighted by molar-refractivity contribution is 0.250. The first-order valence-corrected chi connectivity index (χ1v) is 9.33. The second-order valence-corrected chi connectivity index (χ2v) is 7.06. The zero-order valence-corrected chi connectivity index (χ0v) is 14.5. The highest BCUT2D eigenvalue weighted by molar-refractivity contribution is 7.89. The molecule has 132 valence electrons. The number of carbonyl (C=O) groups is 1. The van der Waals surface area contributed by atoms with E-state index in [0.717, 1.165) is 5.56 Å². The van der Waals surface area contributed by atoms with Gasteiger partial charge in [0.2, 0.25) is 0 Å². The van der Waals surface area contributed by atoms with Gasteiger partial charge in [0.25, 0.3) is 10.0 Å². The number of anilines is 1. The first-order chi connectivity index (χ1) is 12.6. The maximum Gasteiger partial charge on any atom is 0.334 e. The molecule has 6 nitrogen and oxygen atoms in total. The van der Waals surface area contributed by atoms with E-state index in [9.17, 15) is 13.2 Å². The van der Waals surface area contributed by atoms with Gasteiger partial charge in [-0.05, 0) is 23.8 Å². The van der Waals surface area contributed by atoms with E-state index >= 15 is 0 Å². The average Bonchev–Trinajstić information content (AvgIpc) is 2.68. The summed E-state index contributed by atoms with van der Waals surface area (Å²) < 4.78 is 25.3. The number of hydrogen-bond acceptors (Lipinski definition) is 3. The Morgan fingerprint density at radius 1 is 0.731 bits per heavy atom. The van der Waals surface area contributed by atoms with Gasteiger partial charge in [-0.15, -0.1) is 4.83 Å². The molecule has 3 N–H and O–H groups in total. The third-order valence-electron chi connectivity index (χ3n) is 3.59. The number of nitrogens with one attached hydrogen (secondary N) is 3. The van der Waals surface area contributed by atoms with Crippen molar-refractivity contribution in [1.29, 1.82) is 0 Å². The van der Waals surface area contributed by atoms with Gasteiger partial charge in [0.05, 0.1) is 4.90 Å². The molecule has 0 aliphatic carbocycles. The van der Waals surface area contributed by atoms with Crippen LogP contribution in [0, 0.1) is 0 Å². The topological polar surface area (TPSA) is 87.3 Å². The van der Waals surface area contributed by atoms with Crippen molar-refractivity contribution in [3.8, 4) is 11.1 Å². The molecule has 0 spiro atoms. The summed E-state index contributed by atoms with van der Waals surface area (Å²) in [5, 5.41) is 2.54. The normalized spacial score (nSPS) is 10.9. The van der Waals surface area contributed by atoms with Crippen molar-refractivity contribution >= 4 is 21.7 Å². The van der Waals surface area contributed by atoms with Crippen LogP contribution in [0.2, 0.25) is 0 Å². The van der Waals surface area contributed by atoms with E-state index in [1.54, 1.807) is 42.5 Å². The van der Waals surface area contributed by atoms with Crippen molar-refractivity contribution in [3.63, 3.8) is 0 Å². The van der Waals surface area contributed by atoms with Crippen molar-refractivity contribution in [3.05, 3.63) is 84.9 Å². The molecular formula is C19H17N3O3S. The van der Waals surface area contributed by atoms with Crippen LogP contribution in [0.4, 0.5) is 10.5 Å². The van der Waals surface area contributed by atoms with E-state index in [2.05, 4.69) is 15.6 Å². The average molecular weight is 367 g/mol. The van der Waals surface area contributed by atoms with E-state index in [4.69, 9.17) is 0 Å². The van der Waals surface area contributed by atoms with E-state index in [-0.39, 0.29) is 4.90 Å². The molecule has 0 aromatic heterocycles. The molecule has 0 unspecified atom stereocenters. The van der Waals surface area contributed by atoms with E-state index in [1.807, 2.05) is 36.4 Å². The third-order valence-corrected chi connectivity index (χ3v) is 4.90. The molecule has 0 fully saturated rings. The van der Waals surface area contributed by atoms with Crippen LogP contribution in [-0.4, -0.2) is 14.4 Å². The number of urea groups is 1. The predicted octanol–water partition coefficient (Wildman–Crippen LogP) is 3.37. The lowest BCUT2D eigenvalue weighted by atomic mass is 10.1. The molecule has 7 heteroatoms. The summed E-state index contributed by atoms with van der Waals surface area (Å²) >= 11 is 0. The third kappa shape index (κ3) is 4.27. The Morgan fingerprint density at radius 2 is 1.31 bits per heavy atom. The van der Waals surface area contributed by atoms with Gasteiger partial charge in [-0.1, -0.05) is 66.7 Å². The molecule has 0 bridgehead atoms. The summed E-state index contributed by atoms with van der Waals surface area (Å²) in [7, 11) is -3.95. The first kappa shape index (κ1) is 17.7. The molecule has 3 aromatic rings. The number of amides is 2. The monoisotopic (exact) mass is 367 g/mol. The molecule has 0 atom stereocenters. The molecule has 26 heavy (non-hydrogen) atoms. The lowest BCUT2D eigenvalue weighted by Crippen LogP contribution is -2.43. The van der Waals surface area contributed by atoms with Gasteiger partial charge in [-0.2, -0.15) is 0 Å². The number of hydrogen-bond donors (Lipinski definition) is 3. The SMILES string of the molecule is O=C(NNS(=O)(=O)c1ccccc1-c1ccccc1)Nc1ccccc1. The fourth-order valence-corrected chi connectivity index (χ4v) is 3.48. The molecule has 0 aliphatic rings. The first-order valence-electron chi connectivity index (χ1n) is 7.84. The Labute approximate surface area is 151 Å². The van der Waals surface area contributed by atoms with Crippen LogP contribution in [0.5, 0.6) is 0 Å². The zero-order chi connectivity index (χ0) is 18.4. The molecule has 0 radical (unpaired) electrons. The Morgan fingerprint density at radius 3 is 2.00 bits per heavy atom. The fraction of sp³-hybridized carbons (Fsp3) is 0. The van der Waals surface area contributed by atoms with Gasteiger partial charge in [0.1, 0.15) is 0 Å². The van der Waals surface area contributed by atoms with E-state index < -0.39 is 16.1 Å².